The Kier molecular flexibility index (Phi) is 6.74. The summed E-state index contributed by atoms with van der Waals surface area (Å²) in [5.41, 5.74) is 1.73. The molecule has 0 radical (unpaired) electrons. The summed E-state index contributed by atoms with van der Waals surface area (Å²) in [4.78, 5) is 21.8. The molecule has 2 aromatic rings. The molecule has 1 heterocycles. The average molecular weight is 345 g/mol. The van der Waals surface area contributed by atoms with Crippen LogP contribution in [0.2, 0.25) is 0 Å². The van der Waals surface area contributed by atoms with E-state index in [1.807, 2.05) is 25.1 Å². The van der Waals surface area contributed by atoms with Crippen LogP contribution in [0.4, 0.5) is 0 Å². The van der Waals surface area contributed by atoms with E-state index < -0.39 is 0 Å². The second-order valence-electron chi connectivity index (χ2n) is 5.22. The molecule has 3 N–H and O–H groups in total. The van der Waals surface area contributed by atoms with E-state index in [9.17, 15) is 4.79 Å². The van der Waals surface area contributed by atoms with Gasteiger partial charge in [0.2, 0.25) is 0 Å². The molecule has 0 unspecified atom stereocenters. The van der Waals surface area contributed by atoms with Crippen LogP contribution in [-0.4, -0.2) is 37.0 Å². The third-order valence-corrected chi connectivity index (χ3v) is 4.52. The number of rotatable bonds is 6. The number of carbonyl (C=O) groups excluding carboxylic acids is 1. The first kappa shape index (κ1) is 17.9. The highest BCUT2D eigenvalue weighted by molar-refractivity contribution is 7.11. The number of hydrogen-bond donors (Lipinski definition) is 3. The van der Waals surface area contributed by atoms with Crippen LogP contribution >= 0.6 is 11.3 Å². The van der Waals surface area contributed by atoms with Crippen molar-refractivity contribution in [1.29, 1.82) is 0 Å². The second-order valence-corrected chi connectivity index (χ2v) is 6.51. The zero-order valence-corrected chi connectivity index (χ0v) is 15.0. The van der Waals surface area contributed by atoms with E-state index in [1.165, 1.54) is 4.88 Å². The summed E-state index contributed by atoms with van der Waals surface area (Å²) in [6, 6.07) is 9.17. The summed E-state index contributed by atoms with van der Waals surface area (Å²) >= 11 is 1.68. The summed E-state index contributed by atoms with van der Waals surface area (Å²) in [5, 5.41) is 10.3. The van der Waals surface area contributed by atoms with Crippen LogP contribution in [0.15, 0.2) is 35.3 Å². The maximum Gasteiger partial charge on any atom is 0.251 e. The van der Waals surface area contributed by atoms with Gasteiger partial charge in [-0.1, -0.05) is 18.2 Å². The lowest BCUT2D eigenvalue weighted by atomic mass is 10.2. The van der Waals surface area contributed by atoms with Crippen LogP contribution in [-0.2, 0) is 6.54 Å². The fraction of sp³-hybridized carbons (Fsp3) is 0.353. The van der Waals surface area contributed by atoms with Crippen molar-refractivity contribution < 1.29 is 4.79 Å². The number of aryl methyl sites for hydroxylation is 2. The maximum atomic E-state index is 11.9. The zero-order valence-electron chi connectivity index (χ0n) is 14.2. The van der Waals surface area contributed by atoms with Crippen molar-refractivity contribution in [2.75, 3.05) is 20.1 Å². The van der Waals surface area contributed by atoms with Gasteiger partial charge in [-0.05, 0) is 26.0 Å². The molecule has 6 nitrogen and oxygen atoms in total. The van der Waals surface area contributed by atoms with Crippen molar-refractivity contribution in [2.45, 2.75) is 20.4 Å². The van der Waals surface area contributed by atoms with E-state index in [0.29, 0.717) is 31.2 Å². The Balaban J connectivity index is 1.69. The third kappa shape index (κ3) is 5.34. The van der Waals surface area contributed by atoms with Crippen LogP contribution < -0.4 is 16.0 Å². The summed E-state index contributed by atoms with van der Waals surface area (Å²) < 4.78 is 0. The molecule has 0 aliphatic heterocycles. The predicted molar refractivity (Wildman–Crippen MR) is 98.6 cm³/mol. The Hall–Kier alpha value is -2.41. The minimum Gasteiger partial charge on any atom is -0.355 e. The molecule has 1 aromatic heterocycles. The Morgan fingerprint density at radius 1 is 1.12 bits per heavy atom. The molecule has 0 bridgehead atoms. The number of nitrogens with one attached hydrogen (secondary N) is 3. The summed E-state index contributed by atoms with van der Waals surface area (Å²) in [6.07, 6.45) is 0. The van der Waals surface area contributed by atoms with Gasteiger partial charge in [-0.15, -0.1) is 11.3 Å². The molecule has 1 aromatic carbocycles. The zero-order chi connectivity index (χ0) is 17.4. The third-order valence-electron chi connectivity index (χ3n) is 3.44. The van der Waals surface area contributed by atoms with Crippen LogP contribution in [0, 0.1) is 13.8 Å². The smallest absolute Gasteiger partial charge is 0.251 e. The summed E-state index contributed by atoms with van der Waals surface area (Å²) in [6.45, 7) is 5.82. The number of aliphatic imine (C=N–C) groups is 1. The van der Waals surface area contributed by atoms with E-state index >= 15 is 0 Å². The highest BCUT2D eigenvalue weighted by Crippen LogP contribution is 2.15. The van der Waals surface area contributed by atoms with Gasteiger partial charge in [0, 0.05) is 30.6 Å². The van der Waals surface area contributed by atoms with Crippen LogP contribution in [0.25, 0.3) is 0 Å². The van der Waals surface area contributed by atoms with E-state index in [-0.39, 0.29) is 5.91 Å². The molecule has 24 heavy (non-hydrogen) atoms. The van der Waals surface area contributed by atoms with Gasteiger partial charge in [-0.3, -0.25) is 9.79 Å². The van der Waals surface area contributed by atoms with Crippen molar-refractivity contribution in [3.8, 4) is 0 Å². The van der Waals surface area contributed by atoms with Crippen LogP contribution in [0.1, 0.15) is 25.9 Å². The van der Waals surface area contributed by atoms with Crippen molar-refractivity contribution >= 4 is 23.2 Å². The summed E-state index contributed by atoms with van der Waals surface area (Å²) in [5.74, 6) is 0.614. The molecule has 2 rings (SSSR count). The Bertz CT molecular complexity index is 677. The lowest BCUT2D eigenvalue weighted by Gasteiger charge is -2.11. The number of thiazole rings is 1. The van der Waals surface area contributed by atoms with Gasteiger partial charge in [-0.2, -0.15) is 0 Å². The predicted octanol–water partition coefficient (Wildman–Crippen LogP) is 1.85. The van der Waals surface area contributed by atoms with Crippen LogP contribution in [0.5, 0.6) is 0 Å². The molecule has 0 spiro atoms. The first-order valence-electron chi connectivity index (χ1n) is 7.81. The fourth-order valence-electron chi connectivity index (χ4n) is 2.04. The van der Waals surface area contributed by atoms with Crippen molar-refractivity contribution in [2.24, 2.45) is 4.99 Å². The number of carbonyl (C=O) groups is 1. The molecular weight excluding hydrogens is 322 g/mol. The Morgan fingerprint density at radius 2 is 1.83 bits per heavy atom. The van der Waals surface area contributed by atoms with E-state index in [1.54, 1.807) is 30.5 Å². The number of aromatic nitrogens is 1. The van der Waals surface area contributed by atoms with Gasteiger partial charge in [0.25, 0.3) is 5.91 Å². The fourth-order valence-corrected chi connectivity index (χ4v) is 2.92. The average Bonchev–Trinajstić information content (AvgIpc) is 2.93. The molecule has 0 saturated carbocycles. The largest absolute Gasteiger partial charge is 0.355 e. The maximum absolute atomic E-state index is 11.9. The molecule has 0 saturated heterocycles. The number of benzene rings is 1. The van der Waals surface area contributed by atoms with E-state index in [0.717, 1.165) is 10.7 Å². The molecular formula is C17H23N5OS. The lowest BCUT2D eigenvalue weighted by Crippen LogP contribution is -2.41. The monoisotopic (exact) mass is 345 g/mol. The normalized spacial score (nSPS) is 11.2. The van der Waals surface area contributed by atoms with Gasteiger partial charge >= 0.3 is 0 Å². The Labute approximate surface area is 146 Å². The highest BCUT2D eigenvalue weighted by Gasteiger charge is 2.05. The number of amides is 1. The van der Waals surface area contributed by atoms with Crippen molar-refractivity contribution in [1.82, 2.24) is 20.9 Å². The van der Waals surface area contributed by atoms with Gasteiger partial charge in [0.15, 0.2) is 5.96 Å². The standard InChI is InChI=1S/C17H23N5OS/c1-12-13(2)24-15(22-12)11-21-17(18-3)20-10-9-19-16(23)14-7-5-4-6-8-14/h4-8H,9-11H2,1-3H3,(H,19,23)(H2,18,20,21). The van der Waals surface area contributed by atoms with Gasteiger partial charge in [0.1, 0.15) is 5.01 Å². The number of hydrogen-bond acceptors (Lipinski definition) is 4. The molecule has 128 valence electrons. The van der Waals surface area contributed by atoms with E-state index in [4.69, 9.17) is 0 Å². The number of guanidine groups is 1. The SMILES string of the molecule is CN=C(NCCNC(=O)c1ccccc1)NCc1nc(C)c(C)s1. The lowest BCUT2D eigenvalue weighted by molar-refractivity contribution is 0.0954. The Morgan fingerprint density at radius 3 is 2.46 bits per heavy atom. The molecule has 0 aliphatic rings. The van der Waals surface area contributed by atoms with Crippen molar-refractivity contribution in [3.05, 3.63) is 51.5 Å². The van der Waals surface area contributed by atoms with Crippen molar-refractivity contribution in [3.63, 3.8) is 0 Å². The summed E-state index contributed by atoms with van der Waals surface area (Å²) in [7, 11) is 1.72. The minimum atomic E-state index is -0.0749. The first-order chi connectivity index (χ1) is 11.6. The molecule has 0 aliphatic carbocycles. The highest BCUT2D eigenvalue weighted by atomic mass is 32.1. The number of nitrogens with zero attached hydrogens (tertiary/aromatic N) is 2. The molecule has 7 heteroatoms. The molecule has 0 fully saturated rings. The minimum absolute atomic E-state index is 0.0749. The van der Waals surface area contributed by atoms with Gasteiger partial charge in [0.05, 0.1) is 12.2 Å². The topological polar surface area (TPSA) is 78.4 Å². The first-order valence-corrected chi connectivity index (χ1v) is 8.62. The quantitative estimate of drug-likeness (QED) is 0.424. The van der Waals surface area contributed by atoms with E-state index in [2.05, 4.69) is 32.9 Å². The van der Waals surface area contributed by atoms with Crippen LogP contribution in [0.3, 0.4) is 0 Å². The van der Waals surface area contributed by atoms with Gasteiger partial charge < -0.3 is 16.0 Å². The molecule has 1 amide bonds. The van der Waals surface area contributed by atoms with Gasteiger partial charge in [-0.25, -0.2) is 4.98 Å². The molecule has 0 atom stereocenters. The second kappa shape index (κ2) is 9.02.